The van der Waals surface area contributed by atoms with Crippen LogP contribution >= 0.6 is 11.3 Å². The summed E-state index contributed by atoms with van der Waals surface area (Å²) in [5, 5.41) is 13.1. The van der Waals surface area contributed by atoms with Gasteiger partial charge in [0.25, 0.3) is 0 Å². The number of nitrogens with zero attached hydrogens (tertiary/aromatic N) is 2. The number of carboxylic acid groups (broad SMARTS) is 1. The Kier molecular flexibility index (Phi) is 6.30. The second kappa shape index (κ2) is 8.69. The molecule has 0 spiro atoms. The first kappa shape index (κ1) is 19.6. The highest BCUT2D eigenvalue weighted by molar-refractivity contribution is 7.19. The summed E-state index contributed by atoms with van der Waals surface area (Å²) < 4.78 is 6.90. The van der Waals surface area contributed by atoms with Gasteiger partial charge in [-0.25, -0.2) is 4.79 Å². The summed E-state index contributed by atoms with van der Waals surface area (Å²) in [6.45, 7) is 3.85. The van der Waals surface area contributed by atoms with Crippen LogP contribution in [0.2, 0.25) is 0 Å². The molecule has 0 radical (unpaired) electrons. The van der Waals surface area contributed by atoms with E-state index < -0.39 is 5.97 Å². The van der Waals surface area contributed by atoms with E-state index in [9.17, 15) is 9.59 Å². The Morgan fingerprint density at radius 3 is 2.96 bits per heavy atom. The Balaban J connectivity index is 1.55. The van der Waals surface area contributed by atoms with Crippen molar-refractivity contribution in [3.63, 3.8) is 0 Å². The van der Waals surface area contributed by atoms with Gasteiger partial charge in [-0.2, -0.15) is 0 Å². The number of carbonyl (C=O) groups is 2. The number of ether oxygens (including phenoxy) is 1. The average molecular weight is 391 g/mol. The molecule has 8 heteroatoms. The third kappa shape index (κ3) is 5.18. The number of likely N-dealkylation sites (N-methyl/N-ethyl adjacent to an activating group) is 1. The Hall–Kier alpha value is -2.16. The quantitative estimate of drug-likeness (QED) is 0.790. The van der Waals surface area contributed by atoms with E-state index in [-0.39, 0.29) is 24.7 Å². The molecule has 0 saturated carbocycles. The standard InChI is InChI=1S/C19H25N3O4S/c1-13(17-9-14-5-3-4-6-16(14)27-17)20-19(25)22-7-8-26-15(11-22)10-21(2)12-18(23)24/h3-6,9,13,15H,7-8,10-12H2,1-2H3,(H,20,25)(H,23,24). The first-order valence-electron chi connectivity index (χ1n) is 8.98. The van der Waals surface area contributed by atoms with Gasteiger partial charge >= 0.3 is 12.0 Å². The second-order valence-electron chi connectivity index (χ2n) is 6.89. The molecule has 27 heavy (non-hydrogen) atoms. The number of urea groups is 1. The van der Waals surface area contributed by atoms with Crippen molar-refractivity contribution in [3.05, 3.63) is 35.2 Å². The van der Waals surface area contributed by atoms with E-state index in [1.54, 1.807) is 28.2 Å². The van der Waals surface area contributed by atoms with Crippen molar-refractivity contribution < 1.29 is 19.4 Å². The van der Waals surface area contributed by atoms with Crippen molar-refractivity contribution in [1.29, 1.82) is 0 Å². The van der Waals surface area contributed by atoms with Gasteiger partial charge in [-0.1, -0.05) is 18.2 Å². The lowest BCUT2D eigenvalue weighted by atomic mass is 10.2. The van der Waals surface area contributed by atoms with Crippen molar-refractivity contribution in [2.24, 2.45) is 0 Å². The van der Waals surface area contributed by atoms with E-state index in [1.807, 2.05) is 19.1 Å². The van der Waals surface area contributed by atoms with Crippen molar-refractivity contribution in [2.45, 2.75) is 19.1 Å². The third-order valence-electron chi connectivity index (χ3n) is 4.56. The van der Waals surface area contributed by atoms with E-state index in [2.05, 4.69) is 23.5 Å². The van der Waals surface area contributed by atoms with E-state index >= 15 is 0 Å². The molecule has 1 aromatic heterocycles. The molecule has 2 unspecified atom stereocenters. The molecule has 2 heterocycles. The minimum absolute atomic E-state index is 0.0466. The van der Waals surface area contributed by atoms with Crippen LogP contribution < -0.4 is 5.32 Å². The van der Waals surface area contributed by atoms with Gasteiger partial charge in [0, 0.05) is 29.2 Å². The molecule has 0 bridgehead atoms. The number of morpholine rings is 1. The SMILES string of the molecule is CC(NC(=O)N1CCOC(CN(C)CC(=O)O)C1)c1cc2ccccc2s1. The number of hydrogen-bond acceptors (Lipinski definition) is 5. The lowest BCUT2D eigenvalue weighted by Gasteiger charge is -2.35. The van der Waals surface area contributed by atoms with Crippen LogP contribution in [0.25, 0.3) is 10.1 Å². The summed E-state index contributed by atoms with van der Waals surface area (Å²) in [6.07, 6.45) is -0.187. The highest BCUT2D eigenvalue weighted by Gasteiger charge is 2.26. The van der Waals surface area contributed by atoms with Crippen LogP contribution in [-0.2, 0) is 9.53 Å². The van der Waals surface area contributed by atoms with Crippen LogP contribution in [-0.4, -0.2) is 72.8 Å². The van der Waals surface area contributed by atoms with E-state index in [4.69, 9.17) is 9.84 Å². The van der Waals surface area contributed by atoms with Gasteiger partial charge in [-0.15, -0.1) is 11.3 Å². The monoisotopic (exact) mass is 391 g/mol. The lowest BCUT2D eigenvalue weighted by molar-refractivity contribution is -0.138. The highest BCUT2D eigenvalue weighted by atomic mass is 32.1. The fourth-order valence-electron chi connectivity index (χ4n) is 3.22. The van der Waals surface area contributed by atoms with Crippen molar-refractivity contribution in [1.82, 2.24) is 15.1 Å². The topological polar surface area (TPSA) is 82.1 Å². The summed E-state index contributed by atoms with van der Waals surface area (Å²) in [6, 6.07) is 10.1. The second-order valence-corrected chi connectivity index (χ2v) is 8.00. The molecule has 1 fully saturated rings. The number of aliphatic carboxylic acids is 1. The van der Waals surface area contributed by atoms with Crippen LogP contribution in [0.1, 0.15) is 17.8 Å². The van der Waals surface area contributed by atoms with Crippen LogP contribution in [0.5, 0.6) is 0 Å². The number of carbonyl (C=O) groups excluding carboxylic acids is 1. The highest BCUT2D eigenvalue weighted by Crippen LogP contribution is 2.29. The van der Waals surface area contributed by atoms with Gasteiger partial charge in [-0.05, 0) is 31.5 Å². The molecule has 2 aromatic rings. The summed E-state index contributed by atoms with van der Waals surface area (Å²) >= 11 is 1.69. The molecule has 1 aromatic carbocycles. The van der Waals surface area contributed by atoms with Gasteiger partial charge in [0.15, 0.2) is 0 Å². The maximum absolute atomic E-state index is 12.7. The van der Waals surface area contributed by atoms with Gasteiger partial charge in [-0.3, -0.25) is 9.69 Å². The number of rotatable bonds is 6. The zero-order chi connectivity index (χ0) is 19.4. The molecule has 146 valence electrons. The van der Waals surface area contributed by atoms with Gasteiger partial charge in [0.05, 0.1) is 25.3 Å². The number of carboxylic acids is 1. The molecule has 2 N–H and O–H groups in total. The summed E-state index contributed by atoms with van der Waals surface area (Å²) in [5.41, 5.74) is 0. The van der Waals surface area contributed by atoms with Crippen LogP contribution in [0, 0.1) is 0 Å². The minimum Gasteiger partial charge on any atom is -0.480 e. The number of hydrogen-bond donors (Lipinski definition) is 2. The number of nitrogens with one attached hydrogen (secondary N) is 1. The van der Waals surface area contributed by atoms with Crippen LogP contribution in [0.15, 0.2) is 30.3 Å². The van der Waals surface area contributed by atoms with Crippen LogP contribution in [0.3, 0.4) is 0 Å². The van der Waals surface area contributed by atoms with E-state index in [0.717, 1.165) is 4.88 Å². The Bertz CT molecular complexity index is 776. The predicted octanol–water partition coefficient (Wildman–Crippen LogP) is 2.39. The fourth-order valence-corrected chi connectivity index (χ4v) is 4.29. The van der Waals surface area contributed by atoms with Gasteiger partial charge < -0.3 is 20.1 Å². The molecule has 1 aliphatic heterocycles. The predicted molar refractivity (Wildman–Crippen MR) is 105 cm³/mol. The van der Waals surface area contributed by atoms with E-state index in [0.29, 0.717) is 26.2 Å². The molecule has 7 nitrogen and oxygen atoms in total. The summed E-state index contributed by atoms with van der Waals surface area (Å²) in [5.74, 6) is -0.875. The number of fused-ring (bicyclic) bond motifs is 1. The lowest BCUT2D eigenvalue weighted by Crippen LogP contribution is -2.52. The Morgan fingerprint density at radius 1 is 1.44 bits per heavy atom. The van der Waals surface area contributed by atoms with Gasteiger partial charge in [0.1, 0.15) is 0 Å². The first-order valence-corrected chi connectivity index (χ1v) is 9.80. The molecular weight excluding hydrogens is 366 g/mol. The average Bonchev–Trinajstić information content (AvgIpc) is 3.05. The number of amides is 2. The maximum atomic E-state index is 12.7. The van der Waals surface area contributed by atoms with Crippen molar-refractivity contribution in [2.75, 3.05) is 39.8 Å². The van der Waals surface area contributed by atoms with E-state index in [1.165, 1.54) is 10.1 Å². The smallest absolute Gasteiger partial charge is 0.318 e. The summed E-state index contributed by atoms with van der Waals surface area (Å²) in [7, 11) is 1.74. The molecule has 3 rings (SSSR count). The molecule has 1 saturated heterocycles. The number of thiophene rings is 1. The Labute approximate surface area is 162 Å². The zero-order valence-electron chi connectivity index (χ0n) is 15.6. The third-order valence-corrected chi connectivity index (χ3v) is 5.86. The summed E-state index contributed by atoms with van der Waals surface area (Å²) in [4.78, 5) is 28.0. The van der Waals surface area contributed by atoms with Crippen LogP contribution in [0.4, 0.5) is 4.79 Å². The molecule has 2 amide bonds. The fraction of sp³-hybridized carbons (Fsp3) is 0.474. The molecule has 2 atom stereocenters. The Morgan fingerprint density at radius 2 is 2.22 bits per heavy atom. The minimum atomic E-state index is -0.875. The largest absolute Gasteiger partial charge is 0.480 e. The normalized spacial score (nSPS) is 18.6. The first-order chi connectivity index (χ1) is 12.9. The van der Waals surface area contributed by atoms with Crippen molar-refractivity contribution in [3.8, 4) is 0 Å². The number of benzene rings is 1. The maximum Gasteiger partial charge on any atom is 0.318 e. The van der Waals surface area contributed by atoms with Crippen molar-refractivity contribution >= 4 is 33.4 Å². The zero-order valence-corrected chi connectivity index (χ0v) is 16.4. The molecule has 1 aliphatic rings. The van der Waals surface area contributed by atoms with Gasteiger partial charge in [0.2, 0.25) is 0 Å². The molecular formula is C19H25N3O4S. The molecule has 0 aliphatic carbocycles.